The first-order valence-electron chi connectivity index (χ1n) is 9.31. The fourth-order valence-corrected chi connectivity index (χ4v) is 3.52. The number of carbonyl (C=O) groups excluding carboxylic acids is 1. The van der Waals surface area contributed by atoms with E-state index in [2.05, 4.69) is 15.1 Å². The van der Waals surface area contributed by atoms with Crippen molar-refractivity contribution >= 4 is 5.91 Å². The molecular weight excluding hydrogens is 358 g/mol. The smallest absolute Gasteiger partial charge is 0.323 e. The van der Waals surface area contributed by atoms with Gasteiger partial charge in [0.15, 0.2) is 0 Å². The number of hydrogen-bond donors (Lipinski definition) is 2. The Bertz CT molecular complexity index is 1070. The van der Waals surface area contributed by atoms with Crippen molar-refractivity contribution in [2.75, 3.05) is 13.1 Å². The Morgan fingerprint density at radius 3 is 2.50 bits per heavy atom. The SMILES string of the molecule is O=C(c1c[nH]c(=O)[nH]1)N1CCC(Cn2nc(-c3ccccc3)ccc2=O)CC1. The third-order valence-electron chi connectivity index (χ3n) is 5.10. The van der Waals surface area contributed by atoms with Gasteiger partial charge in [-0.2, -0.15) is 5.10 Å². The van der Waals surface area contributed by atoms with Crippen LogP contribution in [-0.4, -0.2) is 43.6 Å². The molecule has 0 radical (unpaired) electrons. The second-order valence-electron chi connectivity index (χ2n) is 7.00. The molecule has 2 aromatic heterocycles. The molecular formula is C20H21N5O3. The van der Waals surface area contributed by atoms with Gasteiger partial charge in [0.2, 0.25) is 0 Å². The molecule has 3 aromatic rings. The molecule has 0 bridgehead atoms. The Kier molecular flexibility index (Phi) is 4.92. The van der Waals surface area contributed by atoms with E-state index in [9.17, 15) is 14.4 Å². The molecule has 0 saturated carbocycles. The molecule has 1 aliphatic rings. The number of aromatic amines is 2. The Hall–Kier alpha value is -3.42. The number of benzene rings is 1. The van der Waals surface area contributed by atoms with Crippen LogP contribution in [0, 0.1) is 5.92 Å². The molecule has 28 heavy (non-hydrogen) atoms. The third kappa shape index (κ3) is 3.80. The van der Waals surface area contributed by atoms with Gasteiger partial charge in [0, 0.05) is 37.5 Å². The fourth-order valence-electron chi connectivity index (χ4n) is 3.52. The van der Waals surface area contributed by atoms with Gasteiger partial charge in [-0.25, -0.2) is 9.48 Å². The molecule has 8 nitrogen and oxygen atoms in total. The summed E-state index contributed by atoms with van der Waals surface area (Å²) in [4.78, 5) is 42.5. The lowest BCUT2D eigenvalue weighted by Gasteiger charge is -2.31. The maximum atomic E-state index is 12.4. The average Bonchev–Trinajstić information content (AvgIpc) is 3.17. The molecule has 0 unspecified atom stereocenters. The summed E-state index contributed by atoms with van der Waals surface area (Å²) >= 11 is 0. The predicted molar refractivity (Wildman–Crippen MR) is 104 cm³/mol. The summed E-state index contributed by atoms with van der Waals surface area (Å²) in [7, 11) is 0. The predicted octanol–water partition coefficient (Wildman–Crippen LogP) is 1.48. The Balaban J connectivity index is 1.42. The van der Waals surface area contributed by atoms with E-state index in [0.29, 0.717) is 19.6 Å². The van der Waals surface area contributed by atoms with E-state index in [1.54, 1.807) is 17.0 Å². The highest BCUT2D eigenvalue weighted by Crippen LogP contribution is 2.20. The van der Waals surface area contributed by atoms with Crippen molar-refractivity contribution < 1.29 is 4.79 Å². The first kappa shape index (κ1) is 18.0. The number of nitrogens with zero attached hydrogens (tertiary/aromatic N) is 3. The van der Waals surface area contributed by atoms with Crippen LogP contribution in [0.2, 0.25) is 0 Å². The highest BCUT2D eigenvalue weighted by Gasteiger charge is 2.25. The summed E-state index contributed by atoms with van der Waals surface area (Å²) in [6.45, 7) is 1.70. The summed E-state index contributed by atoms with van der Waals surface area (Å²) in [6, 6.07) is 13.0. The number of imidazole rings is 1. The summed E-state index contributed by atoms with van der Waals surface area (Å²) in [5.74, 6) is 0.0868. The molecule has 0 atom stereocenters. The van der Waals surface area contributed by atoms with Gasteiger partial charge in [0.25, 0.3) is 11.5 Å². The molecule has 0 spiro atoms. The van der Waals surface area contributed by atoms with Crippen molar-refractivity contribution in [2.24, 2.45) is 5.92 Å². The van der Waals surface area contributed by atoms with E-state index >= 15 is 0 Å². The van der Waals surface area contributed by atoms with Gasteiger partial charge < -0.3 is 14.9 Å². The molecule has 8 heteroatoms. The van der Waals surface area contributed by atoms with Crippen LogP contribution >= 0.6 is 0 Å². The lowest BCUT2D eigenvalue weighted by atomic mass is 9.96. The van der Waals surface area contributed by atoms with Crippen molar-refractivity contribution in [3.63, 3.8) is 0 Å². The van der Waals surface area contributed by atoms with E-state index in [0.717, 1.165) is 24.1 Å². The van der Waals surface area contributed by atoms with E-state index in [1.807, 2.05) is 30.3 Å². The quantitative estimate of drug-likeness (QED) is 0.716. The molecule has 1 fully saturated rings. The van der Waals surface area contributed by atoms with Gasteiger partial charge in [-0.3, -0.25) is 9.59 Å². The lowest BCUT2D eigenvalue weighted by molar-refractivity contribution is 0.0675. The van der Waals surface area contributed by atoms with Crippen molar-refractivity contribution in [1.82, 2.24) is 24.6 Å². The van der Waals surface area contributed by atoms with Crippen LogP contribution in [0.4, 0.5) is 0 Å². The normalized spacial score (nSPS) is 14.9. The maximum absolute atomic E-state index is 12.4. The lowest BCUT2D eigenvalue weighted by Crippen LogP contribution is -2.40. The second-order valence-corrected chi connectivity index (χ2v) is 7.00. The van der Waals surface area contributed by atoms with E-state index in [4.69, 9.17) is 0 Å². The molecule has 144 valence electrons. The van der Waals surface area contributed by atoms with Gasteiger partial charge >= 0.3 is 5.69 Å². The van der Waals surface area contributed by atoms with E-state index < -0.39 is 0 Å². The minimum Gasteiger partial charge on any atom is -0.337 e. The van der Waals surface area contributed by atoms with Crippen LogP contribution in [-0.2, 0) is 6.54 Å². The second kappa shape index (κ2) is 7.67. The summed E-state index contributed by atoms with van der Waals surface area (Å²) < 4.78 is 1.52. The number of amides is 1. The zero-order chi connectivity index (χ0) is 19.5. The number of carbonyl (C=O) groups is 1. The summed E-state index contributed by atoms with van der Waals surface area (Å²) in [6.07, 6.45) is 2.96. The van der Waals surface area contributed by atoms with Crippen molar-refractivity contribution in [2.45, 2.75) is 19.4 Å². The van der Waals surface area contributed by atoms with Crippen molar-refractivity contribution in [3.8, 4) is 11.3 Å². The monoisotopic (exact) mass is 379 g/mol. The topological polar surface area (TPSA) is 104 Å². The zero-order valence-electron chi connectivity index (χ0n) is 15.3. The van der Waals surface area contributed by atoms with Gasteiger partial charge in [0.1, 0.15) is 5.69 Å². The van der Waals surface area contributed by atoms with E-state index in [1.165, 1.54) is 10.9 Å². The van der Waals surface area contributed by atoms with Crippen LogP contribution in [0.25, 0.3) is 11.3 Å². The molecule has 1 aliphatic heterocycles. The summed E-state index contributed by atoms with van der Waals surface area (Å²) in [5.41, 5.74) is 1.50. The molecule has 0 aliphatic carbocycles. The van der Waals surface area contributed by atoms with Gasteiger partial charge in [0.05, 0.1) is 5.69 Å². The maximum Gasteiger partial charge on any atom is 0.323 e. The van der Waals surface area contributed by atoms with Crippen LogP contribution in [0.3, 0.4) is 0 Å². The number of rotatable bonds is 4. The fraction of sp³-hybridized carbons (Fsp3) is 0.300. The number of piperidine rings is 1. The van der Waals surface area contributed by atoms with Crippen LogP contribution in [0.15, 0.2) is 58.3 Å². The molecule has 4 rings (SSSR count). The minimum absolute atomic E-state index is 0.122. The number of H-pyrrole nitrogens is 2. The first-order chi connectivity index (χ1) is 13.6. The third-order valence-corrected chi connectivity index (χ3v) is 5.10. The number of aromatic nitrogens is 4. The van der Waals surface area contributed by atoms with Crippen LogP contribution in [0.1, 0.15) is 23.3 Å². The number of nitrogens with one attached hydrogen (secondary N) is 2. The minimum atomic E-state index is -0.387. The highest BCUT2D eigenvalue weighted by molar-refractivity contribution is 5.92. The number of hydrogen-bond acceptors (Lipinski definition) is 4. The molecule has 3 heterocycles. The van der Waals surface area contributed by atoms with Crippen LogP contribution < -0.4 is 11.2 Å². The van der Waals surface area contributed by atoms with E-state index in [-0.39, 0.29) is 28.8 Å². The van der Waals surface area contributed by atoms with Gasteiger partial charge in [-0.05, 0) is 24.8 Å². The molecule has 2 N–H and O–H groups in total. The van der Waals surface area contributed by atoms with Crippen LogP contribution in [0.5, 0.6) is 0 Å². The van der Waals surface area contributed by atoms with Gasteiger partial charge in [-0.15, -0.1) is 0 Å². The zero-order valence-corrected chi connectivity index (χ0v) is 15.3. The van der Waals surface area contributed by atoms with Crippen molar-refractivity contribution in [1.29, 1.82) is 0 Å². The highest BCUT2D eigenvalue weighted by atomic mass is 16.2. The van der Waals surface area contributed by atoms with Crippen molar-refractivity contribution in [3.05, 3.63) is 75.2 Å². The largest absolute Gasteiger partial charge is 0.337 e. The summed E-state index contributed by atoms with van der Waals surface area (Å²) in [5, 5.41) is 4.52. The first-order valence-corrected chi connectivity index (χ1v) is 9.31. The Morgan fingerprint density at radius 1 is 1.07 bits per heavy atom. The van der Waals surface area contributed by atoms with Gasteiger partial charge in [-0.1, -0.05) is 30.3 Å². The molecule has 1 aromatic carbocycles. The number of likely N-dealkylation sites (tertiary alicyclic amines) is 1. The standard InChI is InChI=1S/C20H21N5O3/c26-18-7-6-16(15-4-2-1-3-5-15)23-25(18)13-14-8-10-24(11-9-14)19(27)17-12-21-20(28)22-17/h1-7,12,14H,8-11,13H2,(H2,21,22,28). The molecule has 1 saturated heterocycles. The average molecular weight is 379 g/mol. The Labute approximate surface area is 160 Å². The molecule has 1 amide bonds. The Morgan fingerprint density at radius 2 is 1.82 bits per heavy atom.